The quantitative estimate of drug-likeness (QED) is 0.735. The van der Waals surface area contributed by atoms with Crippen molar-refractivity contribution in [3.05, 3.63) is 75.6 Å². The molecule has 1 N–H and O–H groups in total. The van der Waals surface area contributed by atoms with Gasteiger partial charge in [-0.25, -0.2) is 0 Å². The molecule has 1 aliphatic rings. The zero-order chi connectivity index (χ0) is 16.0. The van der Waals surface area contributed by atoms with Gasteiger partial charge in [0.05, 0.1) is 17.0 Å². The Labute approximate surface area is 136 Å². The summed E-state index contributed by atoms with van der Waals surface area (Å²) in [4.78, 5) is 26.2. The predicted octanol–water partition coefficient (Wildman–Crippen LogP) is 3.35. The molecule has 114 valence electrons. The van der Waals surface area contributed by atoms with E-state index in [1.165, 1.54) is 0 Å². The van der Waals surface area contributed by atoms with E-state index in [9.17, 15) is 9.59 Å². The van der Waals surface area contributed by atoms with Crippen LogP contribution < -0.4 is 10.7 Å². The second kappa shape index (κ2) is 5.28. The zero-order valence-corrected chi connectivity index (χ0v) is 13.1. The van der Waals surface area contributed by atoms with E-state index in [-0.39, 0.29) is 17.1 Å². The van der Waals surface area contributed by atoms with Crippen LogP contribution in [0.15, 0.2) is 62.6 Å². The molecule has 0 unspecified atom stereocenters. The second-order valence-electron chi connectivity index (χ2n) is 5.35. The molecule has 4 rings (SSSR count). The summed E-state index contributed by atoms with van der Waals surface area (Å²) >= 11 is 1.64. The Hall–Kier alpha value is -2.53. The summed E-state index contributed by atoms with van der Waals surface area (Å²) in [6.07, 6.45) is 2.00. The average Bonchev–Trinajstić information content (AvgIpc) is 2.92. The van der Waals surface area contributed by atoms with Crippen molar-refractivity contribution in [2.24, 2.45) is 0 Å². The van der Waals surface area contributed by atoms with Gasteiger partial charge in [0.1, 0.15) is 5.58 Å². The van der Waals surface area contributed by atoms with Gasteiger partial charge in [-0.3, -0.25) is 9.59 Å². The Morgan fingerprint density at radius 1 is 1.04 bits per heavy atom. The van der Waals surface area contributed by atoms with Crippen LogP contribution in [0.5, 0.6) is 0 Å². The number of para-hydroxylation sites is 1. The van der Waals surface area contributed by atoms with E-state index in [0.717, 1.165) is 10.5 Å². The molecule has 2 aromatic carbocycles. The van der Waals surface area contributed by atoms with Gasteiger partial charge in [0, 0.05) is 4.90 Å². The molecule has 1 aliphatic heterocycles. The molecule has 0 radical (unpaired) electrons. The van der Waals surface area contributed by atoms with Crippen molar-refractivity contribution in [2.45, 2.75) is 10.9 Å². The van der Waals surface area contributed by atoms with Crippen molar-refractivity contribution in [1.82, 2.24) is 5.32 Å². The first-order valence-corrected chi connectivity index (χ1v) is 8.42. The first-order valence-electron chi connectivity index (χ1n) is 7.19. The highest BCUT2D eigenvalue weighted by molar-refractivity contribution is 7.98. The number of carbonyl (C=O) groups excluding carboxylic acids is 1. The lowest BCUT2D eigenvalue weighted by Crippen LogP contribution is -2.21. The number of thioether (sulfide) groups is 1. The van der Waals surface area contributed by atoms with Crippen molar-refractivity contribution < 1.29 is 9.21 Å². The summed E-state index contributed by atoms with van der Waals surface area (Å²) in [5, 5.41) is 3.34. The van der Waals surface area contributed by atoms with E-state index in [2.05, 4.69) is 5.32 Å². The van der Waals surface area contributed by atoms with E-state index in [1.54, 1.807) is 36.0 Å². The summed E-state index contributed by atoms with van der Waals surface area (Å²) in [5.41, 5.74) is 1.55. The van der Waals surface area contributed by atoms with Gasteiger partial charge >= 0.3 is 0 Å². The molecule has 5 heteroatoms. The SMILES string of the molecule is CSc1ccc([C@@H]2NC(=O)c3oc4ccccc4c(=O)c32)cc1. The predicted molar refractivity (Wildman–Crippen MR) is 90.0 cm³/mol. The third kappa shape index (κ3) is 2.16. The largest absolute Gasteiger partial charge is 0.450 e. The molecule has 0 fully saturated rings. The fourth-order valence-corrected chi connectivity index (χ4v) is 3.31. The maximum absolute atomic E-state index is 12.8. The maximum Gasteiger partial charge on any atom is 0.288 e. The normalized spacial score (nSPS) is 16.4. The number of hydrogen-bond donors (Lipinski definition) is 1. The van der Waals surface area contributed by atoms with Gasteiger partial charge < -0.3 is 9.73 Å². The Kier molecular flexibility index (Phi) is 3.23. The summed E-state index contributed by atoms with van der Waals surface area (Å²) in [5.74, 6) is -0.227. The molecule has 0 saturated heterocycles. The van der Waals surface area contributed by atoms with Crippen LogP contribution in [0.25, 0.3) is 11.0 Å². The molecule has 0 spiro atoms. The van der Waals surface area contributed by atoms with Crippen LogP contribution in [-0.2, 0) is 0 Å². The minimum Gasteiger partial charge on any atom is -0.450 e. The van der Waals surface area contributed by atoms with Crippen LogP contribution in [0.3, 0.4) is 0 Å². The summed E-state index contributed by atoms with van der Waals surface area (Å²) in [6, 6.07) is 14.3. The molecule has 1 amide bonds. The standard InChI is InChI=1S/C18H13NO3S/c1-23-11-8-6-10(7-9-11)15-14-16(20)12-4-2-3-5-13(12)22-17(14)18(21)19-15/h2-9,15H,1H3,(H,19,21)/t15-/m0/s1. The highest BCUT2D eigenvalue weighted by Crippen LogP contribution is 2.31. The monoisotopic (exact) mass is 323 g/mol. The summed E-state index contributed by atoms with van der Waals surface area (Å²) in [7, 11) is 0. The van der Waals surface area contributed by atoms with Crippen molar-refractivity contribution in [1.29, 1.82) is 0 Å². The number of amides is 1. The topological polar surface area (TPSA) is 59.3 Å². The fraction of sp³-hybridized carbons (Fsp3) is 0.111. The van der Waals surface area contributed by atoms with Gasteiger partial charge in [-0.2, -0.15) is 0 Å². The number of rotatable bonds is 2. The molecule has 1 atom stereocenters. The first kappa shape index (κ1) is 14.1. The lowest BCUT2D eigenvalue weighted by Gasteiger charge is -2.12. The Balaban J connectivity index is 1.93. The Morgan fingerprint density at radius 2 is 1.78 bits per heavy atom. The third-order valence-electron chi connectivity index (χ3n) is 4.05. The summed E-state index contributed by atoms with van der Waals surface area (Å²) < 4.78 is 5.68. The first-order chi connectivity index (χ1) is 11.2. The maximum atomic E-state index is 12.8. The van der Waals surface area contributed by atoms with Crippen LogP contribution in [-0.4, -0.2) is 12.2 Å². The van der Waals surface area contributed by atoms with Gasteiger partial charge in [0.15, 0.2) is 5.43 Å². The Morgan fingerprint density at radius 3 is 2.52 bits per heavy atom. The van der Waals surface area contributed by atoms with Crippen molar-refractivity contribution in [2.75, 3.05) is 6.26 Å². The van der Waals surface area contributed by atoms with E-state index in [0.29, 0.717) is 16.5 Å². The fourth-order valence-electron chi connectivity index (χ4n) is 2.90. The molecular formula is C18H13NO3S. The average molecular weight is 323 g/mol. The van der Waals surface area contributed by atoms with Crippen molar-refractivity contribution >= 4 is 28.6 Å². The van der Waals surface area contributed by atoms with E-state index < -0.39 is 6.04 Å². The number of hydrogen-bond acceptors (Lipinski definition) is 4. The highest BCUT2D eigenvalue weighted by Gasteiger charge is 2.35. The molecule has 0 bridgehead atoms. The van der Waals surface area contributed by atoms with Crippen LogP contribution in [0.4, 0.5) is 0 Å². The van der Waals surface area contributed by atoms with Gasteiger partial charge in [0.25, 0.3) is 5.91 Å². The van der Waals surface area contributed by atoms with Gasteiger partial charge in [-0.1, -0.05) is 24.3 Å². The lowest BCUT2D eigenvalue weighted by molar-refractivity contribution is 0.0938. The van der Waals surface area contributed by atoms with Gasteiger partial charge in [-0.15, -0.1) is 11.8 Å². The smallest absolute Gasteiger partial charge is 0.288 e. The molecule has 23 heavy (non-hydrogen) atoms. The number of nitrogens with one attached hydrogen (secondary N) is 1. The van der Waals surface area contributed by atoms with Crippen LogP contribution in [0, 0.1) is 0 Å². The van der Waals surface area contributed by atoms with Gasteiger partial charge in [-0.05, 0) is 36.1 Å². The third-order valence-corrected chi connectivity index (χ3v) is 4.80. The molecule has 4 nitrogen and oxygen atoms in total. The van der Waals surface area contributed by atoms with Crippen LogP contribution in [0.2, 0.25) is 0 Å². The Bertz CT molecular complexity index is 976. The molecule has 1 aromatic heterocycles. The van der Waals surface area contributed by atoms with Crippen molar-refractivity contribution in [3.8, 4) is 0 Å². The lowest BCUT2D eigenvalue weighted by atomic mass is 9.99. The van der Waals surface area contributed by atoms with E-state index >= 15 is 0 Å². The molecular weight excluding hydrogens is 310 g/mol. The van der Waals surface area contributed by atoms with E-state index in [4.69, 9.17) is 4.42 Å². The van der Waals surface area contributed by atoms with Crippen LogP contribution in [0.1, 0.15) is 27.7 Å². The molecule has 2 heterocycles. The molecule has 3 aromatic rings. The zero-order valence-electron chi connectivity index (χ0n) is 12.3. The minimum atomic E-state index is -0.464. The number of carbonyl (C=O) groups is 1. The van der Waals surface area contributed by atoms with E-state index in [1.807, 2.05) is 30.5 Å². The van der Waals surface area contributed by atoms with Crippen LogP contribution >= 0.6 is 11.8 Å². The second-order valence-corrected chi connectivity index (χ2v) is 6.23. The summed E-state index contributed by atoms with van der Waals surface area (Å²) in [6.45, 7) is 0. The number of fused-ring (bicyclic) bond motifs is 2. The minimum absolute atomic E-state index is 0.118. The highest BCUT2D eigenvalue weighted by atomic mass is 32.2. The van der Waals surface area contributed by atoms with Crippen molar-refractivity contribution in [3.63, 3.8) is 0 Å². The molecule has 0 aliphatic carbocycles. The van der Waals surface area contributed by atoms with Gasteiger partial charge in [0.2, 0.25) is 5.76 Å². The molecule has 0 saturated carbocycles. The number of benzene rings is 2.